The molecule has 0 aliphatic carbocycles. The van der Waals surface area contributed by atoms with Gasteiger partial charge in [-0.1, -0.05) is 53.7 Å². The number of rotatable bonds is 7. The second-order valence-electron chi connectivity index (χ2n) is 6.20. The van der Waals surface area contributed by atoms with E-state index in [4.69, 9.17) is 0 Å². The quantitative estimate of drug-likeness (QED) is 0.576. The summed E-state index contributed by atoms with van der Waals surface area (Å²) in [7, 11) is 0. The zero-order valence-electron chi connectivity index (χ0n) is 15.9. The predicted octanol–water partition coefficient (Wildman–Crippen LogP) is 4.20. The zero-order valence-corrected chi connectivity index (χ0v) is 16.7. The second-order valence-corrected chi connectivity index (χ2v) is 7.14. The average Bonchev–Trinajstić information content (AvgIpc) is 3.12. The van der Waals surface area contributed by atoms with E-state index in [0.717, 1.165) is 35.3 Å². The first kappa shape index (κ1) is 19.2. The van der Waals surface area contributed by atoms with Gasteiger partial charge in [0.2, 0.25) is 5.91 Å². The molecule has 0 N–H and O–H groups in total. The van der Waals surface area contributed by atoms with Crippen molar-refractivity contribution < 1.29 is 4.79 Å². The molecule has 0 spiro atoms. The van der Waals surface area contributed by atoms with Gasteiger partial charge in [0.1, 0.15) is 0 Å². The van der Waals surface area contributed by atoms with Crippen LogP contribution in [0.15, 0.2) is 59.8 Å². The summed E-state index contributed by atoms with van der Waals surface area (Å²) in [6.45, 7) is 7.49. The zero-order chi connectivity index (χ0) is 19.2. The highest BCUT2D eigenvalue weighted by Gasteiger charge is 2.18. The number of carbonyl (C=O) groups is 1. The molecule has 1 aromatic heterocycles. The maximum absolute atomic E-state index is 12.4. The summed E-state index contributed by atoms with van der Waals surface area (Å²) in [6.07, 6.45) is 0. The molecular formula is C21H24N4OS. The first-order valence-electron chi connectivity index (χ1n) is 9.12. The highest BCUT2D eigenvalue weighted by atomic mass is 32.2. The van der Waals surface area contributed by atoms with Gasteiger partial charge in [0.05, 0.1) is 5.75 Å². The van der Waals surface area contributed by atoms with Crippen LogP contribution in [0.5, 0.6) is 0 Å². The van der Waals surface area contributed by atoms with E-state index < -0.39 is 0 Å². The molecule has 0 unspecified atom stereocenters. The Hall–Kier alpha value is -2.60. The van der Waals surface area contributed by atoms with E-state index in [0.29, 0.717) is 5.75 Å². The number of benzene rings is 2. The average molecular weight is 381 g/mol. The molecule has 1 amide bonds. The summed E-state index contributed by atoms with van der Waals surface area (Å²) in [5, 5.41) is 9.54. The molecule has 0 fully saturated rings. The van der Waals surface area contributed by atoms with Gasteiger partial charge in [0.25, 0.3) is 0 Å². The fraction of sp³-hybridized carbons (Fsp3) is 0.286. The summed E-state index contributed by atoms with van der Waals surface area (Å²) < 4.78 is 2.02. The molecule has 3 aromatic rings. The van der Waals surface area contributed by atoms with Crippen LogP contribution in [-0.2, 0) is 4.79 Å². The highest BCUT2D eigenvalue weighted by Crippen LogP contribution is 2.28. The highest BCUT2D eigenvalue weighted by molar-refractivity contribution is 7.99. The molecule has 140 valence electrons. The van der Waals surface area contributed by atoms with E-state index in [-0.39, 0.29) is 5.91 Å². The molecule has 0 bridgehead atoms. The van der Waals surface area contributed by atoms with Crippen molar-refractivity contribution in [3.63, 3.8) is 0 Å². The van der Waals surface area contributed by atoms with Gasteiger partial charge in [-0.25, -0.2) is 0 Å². The Balaban J connectivity index is 1.96. The van der Waals surface area contributed by atoms with Crippen LogP contribution < -0.4 is 0 Å². The summed E-state index contributed by atoms with van der Waals surface area (Å²) in [5.41, 5.74) is 3.16. The number of amides is 1. The van der Waals surface area contributed by atoms with Gasteiger partial charge in [0.15, 0.2) is 11.0 Å². The number of aryl methyl sites for hydroxylation is 1. The first-order chi connectivity index (χ1) is 13.1. The maximum atomic E-state index is 12.4. The first-order valence-corrected chi connectivity index (χ1v) is 10.1. The lowest BCUT2D eigenvalue weighted by Crippen LogP contribution is -2.31. The number of nitrogens with zero attached hydrogens (tertiary/aromatic N) is 4. The van der Waals surface area contributed by atoms with Crippen LogP contribution in [-0.4, -0.2) is 44.4 Å². The van der Waals surface area contributed by atoms with Crippen LogP contribution >= 0.6 is 11.8 Å². The van der Waals surface area contributed by atoms with Crippen molar-refractivity contribution in [3.05, 3.63) is 60.2 Å². The Bertz CT molecular complexity index is 904. The molecule has 0 radical (unpaired) electrons. The summed E-state index contributed by atoms with van der Waals surface area (Å²) >= 11 is 1.43. The standard InChI is InChI=1S/C21H24N4OS/c1-4-24(5-2)19(26)15-27-21-23-22-20(17-11-9-10-16(3)14-17)25(21)18-12-7-6-8-13-18/h6-14H,4-5,15H2,1-3H3. The van der Waals surface area contributed by atoms with Gasteiger partial charge in [0, 0.05) is 24.3 Å². The third-order valence-corrected chi connectivity index (χ3v) is 5.28. The van der Waals surface area contributed by atoms with Crippen molar-refractivity contribution in [1.29, 1.82) is 0 Å². The van der Waals surface area contributed by atoms with Gasteiger partial charge in [-0.2, -0.15) is 0 Å². The number of para-hydroxylation sites is 1. The van der Waals surface area contributed by atoms with Crippen molar-refractivity contribution in [2.45, 2.75) is 25.9 Å². The lowest BCUT2D eigenvalue weighted by Gasteiger charge is -2.18. The van der Waals surface area contributed by atoms with Crippen LogP contribution in [0.1, 0.15) is 19.4 Å². The third kappa shape index (κ3) is 4.39. The lowest BCUT2D eigenvalue weighted by molar-refractivity contribution is -0.127. The summed E-state index contributed by atoms with van der Waals surface area (Å²) in [4.78, 5) is 14.2. The topological polar surface area (TPSA) is 51.0 Å². The van der Waals surface area contributed by atoms with Crippen LogP contribution in [0.2, 0.25) is 0 Å². The molecule has 6 heteroatoms. The minimum Gasteiger partial charge on any atom is -0.343 e. The van der Waals surface area contributed by atoms with Crippen molar-refractivity contribution in [3.8, 4) is 17.1 Å². The normalized spacial score (nSPS) is 10.8. The molecule has 5 nitrogen and oxygen atoms in total. The van der Waals surface area contributed by atoms with E-state index >= 15 is 0 Å². The largest absolute Gasteiger partial charge is 0.343 e. The Kier molecular flexibility index (Phi) is 6.29. The Morgan fingerprint density at radius 3 is 2.44 bits per heavy atom. The maximum Gasteiger partial charge on any atom is 0.233 e. The molecule has 0 saturated heterocycles. The van der Waals surface area contributed by atoms with Crippen molar-refractivity contribution in [1.82, 2.24) is 19.7 Å². The molecule has 0 saturated carbocycles. The Morgan fingerprint density at radius 2 is 1.78 bits per heavy atom. The fourth-order valence-electron chi connectivity index (χ4n) is 2.94. The molecule has 0 aliphatic rings. The lowest BCUT2D eigenvalue weighted by atomic mass is 10.1. The van der Waals surface area contributed by atoms with Crippen molar-refractivity contribution in [2.24, 2.45) is 0 Å². The molecule has 3 rings (SSSR count). The summed E-state index contributed by atoms with van der Waals surface area (Å²) in [6, 6.07) is 18.2. The van der Waals surface area contributed by atoms with Crippen molar-refractivity contribution >= 4 is 17.7 Å². The van der Waals surface area contributed by atoms with E-state index in [9.17, 15) is 4.79 Å². The number of thioether (sulfide) groups is 1. The van der Waals surface area contributed by atoms with Gasteiger partial charge in [-0.15, -0.1) is 10.2 Å². The number of aromatic nitrogens is 3. The van der Waals surface area contributed by atoms with E-state index in [1.807, 2.05) is 65.8 Å². The Morgan fingerprint density at radius 1 is 1.04 bits per heavy atom. The summed E-state index contributed by atoms with van der Waals surface area (Å²) in [5.74, 6) is 1.24. The van der Waals surface area contributed by atoms with Crippen LogP contribution in [0.4, 0.5) is 0 Å². The fourth-order valence-corrected chi connectivity index (χ4v) is 3.79. The number of hydrogen-bond donors (Lipinski definition) is 0. The smallest absolute Gasteiger partial charge is 0.233 e. The molecular weight excluding hydrogens is 356 g/mol. The van der Waals surface area contributed by atoms with E-state index in [2.05, 4.69) is 29.3 Å². The molecule has 0 aliphatic heterocycles. The van der Waals surface area contributed by atoms with Crippen LogP contribution in [0.25, 0.3) is 17.1 Å². The molecule has 0 atom stereocenters. The Labute approximate surface area is 164 Å². The predicted molar refractivity (Wildman–Crippen MR) is 110 cm³/mol. The minimum atomic E-state index is 0.115. The van der Waals surface area contributed by atoms with E-state index in [1.54, 1.807) is 0 Å². The molecule has 1 heterocycles. The monoisotopic (exact) mass is 380 g/mol. The second kappa shape index (κ2) is 8.86. The van der Waals surface area contributed by atoms with Crippen LogP contribution in [0, 0.1) is 6.92 Å². The third-order valence-electron chi connectivity index (χ3n) is 4.36. The molecule has 27 heavy (non-hydrogen) atoms. The van der Waals surface area contributed by atoms with Gasteiger partial charge >= 0.3 is 0 Å². The molecule has 2 aromatic carbocycles. The number of carbonyl (C=O) groups excluding carboxylic acids is 1. The van der Waals surface area contributed by atoms with Gasteiger partial charge in [-0.05, 0) is 39.0 Å². The van der Waals surface area contributed by atoms with Crippen LogP contribution in [0.3, 0.4) is 0 Å². The van der Waals surface area contributed by atoms with E-state index in [1.165, 1.54) is 17.3 Å². The van der Waals surface area contributed by atoms with Gasteiger partial charge < -0.3 is 4.90 Å². The van der Waals surface area contributed by atoms with Gasteiger partial charge in [-0.3, -0.25) is 9.36 Å². The van der Waals surface area contributed by atoms with Crippen molar-refractivity contribution in [2.75, 3.05) is 18.8 Å². The number of hydrogen-bond acceptors (Lipinski definition) is 4. The SMILES string of the molecule is CCN(CC)C(=O)CSc1nnc(-c2cccc(C)c2)n1-c1ccccc1. The minimum absolute atomic E-state index is 0.115.